The van der Waals surface area contributed by atoms with Crippen molar-refractivity contribution >= 4 is 29.9 Å². The summed E-state index contributed by atoms with van der Waals surface area (Å²) < 4.78 is 7.50. The lowest BCUT2D eigenvalue weighted by Crippen LogP contribution is -2.35. The number of hydrogen-bond acceptors (Lipinski definition) is 4. The van der Waals surface area contributed by atoms with E-state index in [1.54, 1.807) is 6.33 Å². The van der Waals surface area contributed by atoms with Crippen LogP contribution < -0.4 is 11.1 Å². The van der Waals surface area contributed by atoms with E-state index < -0.39 is 0 Å². The molecule has 1 unspecified atom stereocenters. The van der Waals surface area contributed by atoms with E-state index in [4.69, 9.17) is 10.5 Å². The second-order valence-corrected chi connectivity index (χ2v) is 4.58. The zero-order valence-electron chi connectivity index (χ0n) is 11.8. The maximum Gasteiger partial charge on any atom is 0.188 e. The van der Waals surface area contributed by atoms with E-state index in [9.17, 15) is 0 Å². The summed E-state index contributed by atoms with van der Waals surface area (Å²) in [5.41, 5.74) is 5.80. The summed E-state index contributed by atoms with van der Waals surface area (Å²) in [7, 11) is 0. The van der Waals surface area contributed by atoms with Gasteiger partial charge in [0.1, 0.15) is 12.2 Å². The molecular weight excluding hydrogens is 371 g/mol. The number of halogens is 1. The minimum absolute atomic E-state index is 0. The molecule has 0 spiro atoms. The highest BCUT2D eigenvalue weighted by atomic mass is 127. The maximum absolute atomic E-state index is 5.80. The predicted octanol–water partition coefficient (Wildman–Crippen LogP) is 0.542. The molecule has 3 N–H and O–H groups in total. The molecule has 0 aliphatic carbocycles. The van der Waals surface area contributed by atoms with Gasteiger partial charge < -0.3 is 20.4 Å². The smallest absolute Gasteiger partial charge is 0.188 e. The molecule has 1 fully saturated rings. The zero-order valence-corrected chi connectivity index (χ0v) is 14.1. The number of aryl methyl sites for hydroxylation is 1. The predicted molar refractivity (Wildman–Crippen MR) is 88.3 cm³/mol. The normalized spacial score (nSPS) is 18.9. The van der Waals surface area contributed by atoms with Crippen molar-refractivity contribution in [1.29, 1.82) is 0 Å². The van der Waals surface area contributed by atoms with Crippen LogP contribution in [0.5, 0.6) is 0 Å². The average molecular weight is 394 g/mol. The Kier molecular flexibility index (Phi) is 7.82. The molecule has 0 bridgehead atoms. The molecule has 1 atom stereocenters. The zero-order chi connectivity index (χ0) is 13.5. The highest BCUT2D eigenvalue weighted by Gasteiger charge is 2.14. The first-order chi connectivity index (χ1) is 9.29. The minimum atomic E-state index is 0. The number of ether oxygens (including phenoxy) is 1. The van der Waals surface area contributed by atoms with Gasteiger partial charge in [-0.05, 0) is 12.8 Å². The fraction of sp³-hybridized carbons (Fsp3) is 0.750. The van der Waals surface area contributed by atoms with Crippen LogP contribution >= 0.6 is 24.0 Å². The summed E-state index contributed by atoms with van der Waals surface area (Å²) in [6.07, 6.45) is 5.06. The van der Waals surface area contributed by atoms with Gasteiger partial charge in [-0.2, -0.15) is 0 Å². The second-order valence-electron chi connectivity index (χ2n) is 4.58. The quantitative estimate of drug-likeness (QED) is 0.418. The van der Waals surface area contributed by atoms with Crippen molar-refractivity contribution in [2.45, 2.75) is 38.8 Å². The number of aliphatic imine (C=N–C) groups is 1. The first-order valence-corrected chi connectivity index (χ1v) is 6.81. The lowest BCUT2D eigenvalue weighted by molar-refractivity contribution is 0.118. The summed E-state index contributed by atoms with van der Waals surface area (Å²) >= 11 is 0. The van der Waals surface area contributed by atoms with Crippen LogP contribution in [0.15, 0.2) is 11.3 Å². The molecular formula is C12H23IN6O. The molecule has 2 heterocycles. The lowest BCUT2D eigenvalue weighted by Gasteiger charge is -2.09. The highest BCUT2D eigenvalue weighted by molar-refractivity contribution is 14.0. The van der Waals surface area contributed by atoms with Gasteiger partial charge in [0.25, 0.3) is 0 Å². The van der Waals surface area contributed by atoms with Crippen LogP contribution in [-0.2, 0) is 17.7 Å². The van der Waals surface area contributed by atoms with Crippen LogP contribution in [0.4, 0.5) is 0 Å². The van der Waals surface area contributed by atoms with Crippen molar-refractivity contribution < 1.29 is 4.74 Å². The standard InChI is InChI=1S/C12H22N6O.HI/c1-2-11-17-16-9-18(11)6-5-14-12(13)15-8-10-4-3-7-19-10;/h9-10H,2-8H2,1H3,(H3,13,14,15);1H. The monoisotopic (exact) mass is 394 g/mol. The number of aromatic nitrogens is 3. The highest BCUT2D eigenvalue weighted by Crippen LogP contribution is 2.11. The third-order valence-electron chi connectivity index (χ3n) is 3.16. The van der Waals surface area contributed by atoms with E-state index >= 15 is 0 Å². The Balaban J connectivity index is 0.00000200. The van der Waals surface area contributed by atoms with E-state index in [1.807, 2.05) is 4.57 Å². The summed E-state index contributed by atoms with van der Waals surface area (Å²) in [5.74, 6) is 1.46. The van der Waals surface area contributed by atoms with E-state index in [2.05, 4.69) is 27.4 Å². The van der Waals surface area contributed by atoms with E-state index in [1.165, 1.54) is 0 Å². The van der Waals surface area contributed by atoms with Gasteiger partial charge in [-0.15, -0.1) is 34.2 Å². The molecule has 114 valence electrons. The number of nitrogens with zero attached hydrogens (tertiary/aromatic N) is 4. The van der Waals surface area contributed by atoms with Crippen LogP contribution in [0.3, 0.4) is 0 Å². The second kappa shape index (κ2) is 9.11. The van der Waals surface area contributed by atoms with Crippen molar-refractivity contribution in [1.82, 2.24) is 20.1 Å². The maximum atomic E-state index is 5.80. The van der Waals surface area contributed by atoms with Crippen LogP contribution in [-0.4, -0.2) is 46.5 Å². The van der Waals surface area contributed by atoms with Crippen molar-refractivity contribution in [2.24, 2.45) is 10.7 Å². The molecule has 20 heavy (non-hydrogen) atoms. The fourth-order valence-electron chi connectivity index (χ4n) is 2.09. The SMILES string of the molecule is CCc1nncn1CCNC(N)=NCC1CCCO1.I. The van der Waals surface area contributed by atoms with E-state index in [0.29, 0.717) is 19.0 Å². The largest absolute Gasteiger partial charge is 0.376 e. The number of nitrogens with two attached hydrogens (primary N) is 1. The number of nitrogens with one attached hydrogen (secondary N) is 1. The summed E-state index contributed by atoms with van der Waals surface area (Å²) in [6.45, 7) is 5.05. The summed E-state index contributed by atoms with van der Waals surface area (Å²) in [5, 5.41) is 11.0. The molecule has 8 heteroatoms. The van der Waals surface area contributed by atoms with Crippen molar-refractivity contribution in [3.05, 3.63) is 12.2 Å². The van der Waals surface area contributed by atoms with Gasteiger partial charge in [-0.1, -0.05) is 6.92 Å². The lowest BCUT2D eigenvalue weighted by atomic mass is 10.2. The molecule has 2 rings (SSSR count). The summed E-state index contributed by atoms with van der Waals surface area (Å²) in [6, 6.07) is 0. The Labute approximate surface area is 136 Å². The van der Waals surface area contributed by atoms with Crippen LogP contribution in [0.25, 0.3) is 0 Å². The Hall–Kier alpha value is -0.900. The molecule has 1 aliphatic rings. The molecule has 0 aromatic carbocycles. The van der Waals surface area contributed by atoms with Gasteiger partial charge in [0.2, 0.25) is 0 Å². The minimum Gasteiger partial charge on any atom is -0.376 e. The van der Waals surface area contributed by atoms with Gasteiger partial charge in [0.05, 0.1) is 12.6 Å². The van der Waals surface area contributed by atoms with Gasteiger partial charge in [0, 0.05) is 26.1 Å². The molecule has 0 amide bonds. The molecule has 0 saturated carbocycles. The third-order valence-corrected chi connectivity index (χ3v) is 3.16. The molecule has 1 saturated heterocycles. The van der Waals surface area contributed by atoms with E-state index in [0.717, 1.165) is 38.2 Å². The number of rotatable bonds is 6. The van der Waals surface area contributed by atoms with Crippen LogP contribution in [0.1, 0.15) is 25.6 Å². The Morgan fingerprint density at radius 2 is 2.50 bits per heavy atom. The van der Waals surface area contributed by atoms with Gasteiger partial charge in [-0.3, -0.25) is 4.99 Å². The number of hydrogen-bond donors (Lipinski definition) is 2. The van der Waals surface area contributed by atoms with Crippen LogP contribution in [0, 0.1) is 0 Å². The Morgan fingerprint density at radius 1 is 1.65 bits per heavy atom. The van der Waals surface area contributed by atoms with Gasteiger partial charge in [-0.25, -0.2) is 0 Å². The van der Waals surface area contributed by atoms with E-state index in [-0.39, 0.29) is 30.1 Å². The van der Waals surface area contributed by atoms with Crippen molar-refractivity contribution in [3.63, 3.8) is 0 Å². The fourth-order valence-corrected chi connectivity index (χ4v) is 2.09. The number of guanidine groups is 1. The topological polar surface area (TPSA) is 90.4 Å². The first-order valence-electron chi connectivity index (χ1n) is 6.81. The molecule has 1 aliphatic heterocycles. The Bertz CT molecular complexity index is 416. The molecule has 0 radical (unpaired) electrons. The summed E-state index contributed by atoms with van der Waals surface area (Å²) in [4.78, 5) is 4.29. The van der Waals surface area contributed by atoms with Crippen LogP contribution in [0.2, 0.25) is 0 Å². The van der Waals surface area contributed by atoms with Gasteiger partial charge >= 0.3 is 0 Å². The molecule has 7 nitrogen and oxygen atoms in total. The van der Waals surface area contributed by atoms with Crippen molar-refractivity contribution in [3.8, 4) is 0 Å². The molecule has 1 aromatic rings. The van der Waals surface area contributed by atoms with Crippen molar-refractivity contribution in [2.75, 3.05) is 19.7 Å². The van der Waals surface area contributed by atoms with Gasteiger partial charge in [0.15, 0.2) is 5.96 Å². The average Bonchev–Trinajstić information content (AvgIpc) is 3.07. The third kappa shape index (κ3) is 5.23. The molecule has 1 aromatic heterocycles. The Morgan fingerprint density at radius 3 is 3.20 bits per heavy atom. The first kappa shape index (κ1) is 17.2.